The Morgan fingerprint density at radius 1 is 0.971 bits per heavy atom. The van der Waals surface area contributed by atoms with Crippen LogP contribution in [-0.4, -0.2) is 47.2 Å². The number of rotatable bonds is 9. The first-order valence-electron chi connectivity index (χ1n) is 12.9. The molecule has 3 aromatic rings. The number of aromatic nitrogens is 1. The highest BCUT2D eigenvalue weighted by Gasteiger charge is 2.22. The van der Waals surface area contributed by atoms with Crippen molar-refractivity contribution in [2.24, 2.45) is 0 Å². The molecule has 4 rings (SSSR count). The quantitative estimate of drug-likeness (QED) is 0.432. The third-order valence-corrected chi connectivity index (χ3v) is 7.15. The maximum atomic E-state index is 13.7. The molecular formula is C29H37N3O2. The van der Waals surface area contributed by atoms with E-state index in [4.69, 9.17) is 0 Å². The Morgan fingerprint density at radius 3 is 2.32 bits per heavy atom. The van der Waals surface area contributed by atoms with Crippen molar-refractivity contribution in [3.63, 3.8) is 0 Å². The standard InChI is InChI=1S/C29H37N3O2/c1-4-7-8-24-19-26-20-25(29(34)31(5-2)6-3)15-18-32(26)27(24)28(33)23-11-9-21(10-12-23)22-13-16-30-17-14-22/h9-12,15,18-20,22,30H,4-8,13-14,16-17H2,1-3H3. The highest BCUT2D eigenvalue weighted by Crippen LogP contribution is 2.27. The topological polar surface area (TPSA) is 53.8 Å². The van der Waals surface area contributed by atoms with E-state index in [0.717, 1.165) is 67.5 Å². The zero-order chi connectivity index (χ0) is 24.1. The Kier molecular flexibility index (Phi) is 7.84. The Bertz CT molecular complexity index is 1140. The molecular weight excluding hydrogens is 422 g/mol. The lowest BCUT2D eigenvalue weighted by atomic mass is 9.89. The lowest BCUT2D eigenvalue weighted by molar-refractivity contribution is 0.0773. The molecule has 0 radical (unpaired) electrons. The van der Waals surface area contributed by atoms with E-state index in [9.17, 15) is 9.59 Å². The second kappa shape index (κ2) is 11.0. The van der Waals surface area contributed by atoms with Crippen molar-refractivity contribution in [3.8, 4) is 0 Å². The second-order valence-corrected chi connectivity index (χ2v) is 9.28. The first-order valence-corrected chi connectivity index (χ1v) is 12.9. The van der Waals surface area contributed by atoms with Gasteiger partial charge in [0.05, 0.1) is 5.69 Å². The van der Waals surface area contributed by atoms with Crippen LogP contribution >= 0.6 is 0 Å². The van der Waals surface area contributed by atoms with E-state index >= 15 is 0 Å². The average molecular weight is 460 g/mol. The van der Waals surface area contributed by atoms with Crippen molar-refractivity contribution in [1.82, 2.24) is 14.6 Å². The maximum Gasteiger partial charge on any atom is 0.253 e. The minimum atomic E-state index is 0.0326. The van der Waals surface area contributed by atoms with Crippen LogP contribution in [0.15, 0.2) is 48.7 Å². The largest absolute Gasteiger partial charge is 0.339 e. The third kappa shape index (κ3) is 4.95. The molecule has 0 aliphatic carbocycles. The minimum absolute atomic E-state index is 0.0326. The Labute approximate surface area is 203 Å². The molecule has 5 heteroatoms. The summed E-state index contributed by atoms with van der Waals surface area (Å²) < 4.78 is 1.97. The molecule has 0 bridgehead atoms. The van der Waals surface area contributed by atoms with Gasteiger partial charge in [-0.3, -0.25) is 9.59 Å². The van der Waals surface area contributed by atoms with Gasteiger partial charge in [0.1, 0.15) is 0 Å². The van der Waals surface area contributed by atoms with Gasteiger partial charge in [-0.2, -0.15) is 0 Å². The number of carbonyl (C=O) groups is 2. The van der Waals surface area contributed by atoms with Crippen molar-refractivity contribution >= 4 is 17.2 Å². The summed E-state index contributed by atoms with van der Waals surface area (Å²) in [7, 11) is 0. The van der Waals surface area contributed by atoms with E-state index in [-0.39, 0.29) is 11.7 Å². The number of aryl methyl sites for hydroxylation is 1. The minimum Gasteiger partial charge on any atom is -0.339 e. The van der Waals surface area contributed by atoms with Crippen LogP contribution in [0.3, 0.4) is 0 Å². The molecule has 1 aliphatic rings. The number of ketones is 1. The summed E-state index contributed by atoms with van der Waals surface area (Å²) in [6.45, 7) is 9.63. The fourth-order valence-electron chi connectivity index (χ4n) is 5.07. The molecule has 1 saturated heterocycles. The van der Waals surface area contributed by atoms with Gasteiger partial charge in [0.25, 0.3) is 5.91 Å². The normalized spacial score (nSPS) is 14.4. The number of benzene rings is 1. The summed E-state index contributed by atoms with van der Waals surface area (Å²) in [5.41, 5.74) is 5.39. The van der Waals surface area contributed by atoms with E-state index < -0.39 is 0 Å². The number of hydrogen-bond acceptors (Lipinski definition) is 3. The van der Waals surface area contributed by atoms with E-state index in [1.165, 1.54) is 5.56 Å². The lowest BCUT2D eigenvalue weighted by Crippen LogP contribution is -2.30. The van der Waals surface area contributed by atoms with Gasteiger partial charge in [-0.15, -0.1) is 0 Å². The van der Waals surface area contributed by atoms with Crippen LogP contribution in [0, 0.1) is 0 Å². The van der Waals surface area contributed by atoms with E-state index in [1.54, 1.807) is 0 Å². The smallest absolute Gasteiger partial charge is 0.253 e. The summed E-state index contributed by atoms with van der Waals surface area (Å²) in [5.74, 6) is 0.650. The molecule has 2 aromatic heterocycles. The van der Waals surface area contributed by atoms with Gasteiger partial charge in [0, 0.05) is 35.9 Å². The molecule has 34 heavy (non-hydrogen) atoms. The van der Waals surface area contributed by atoms with Gasteiger partial charge >= 0.3 is 0 Å². The summed E-state index contributed by atoms with van der Waals surface area (Å²) in [6, 6.07) is 14.1. The Balaban J connectivity index is 1.68. The summed E-state index contributed by atoms with van der Waals surface area (Å²) in [6.07, 6.45) is 7.12. The van der Waals surface area contributed by atoms with Crippen LogP contribution in [0.1, 0.15) is 89.9 Å². The highest BCUT2D eigenvalue weighted by atomic mass is 16.2. The molecule has 3 heterocycles. The Morgan fingerprint density at radius 2 is 1.68 bits per heavy atom. The maximum absolute atomic E-state index is 13.7. The predicted molar refractivity (Wildman–Crippen MR) is 138 cm³/mol. The molecule has 0 atom stereocenters. The van der Waals surface area contributed by atoms with Gasteiger partial charge in [-0.05, 0) is 87.9 Å². The van der Waals surface area contributed by atoms with Crippen molar-refractivity contribution < 1.29 is 9.59 Å². The highest BCUT2D eigenvalue weighted by molar-refractivity contribution is 6.10. The number of hydrogen-bond donors (Lipinski definition) is 1. The fourth-order valence-corrected chi connectivity index (χ4v) is 5.07. The molecule has 0 saturated carbocycles. The second-order valence-electron chi connectivity index (χ2n) is 9.28. The van der Waals surface area contributed by atoms with E-state index in [1.807, 2.05) is 53.6 Å². The van der Waals surface area contributed by atoms with Crippen LogP contribution < -0.4 is 5.32 Å². The van der Waals surface area contributed by atoms with Gasteiger partial charge < -0.3 is 14.6 Å². The number of amides is 1. The first-order chi connectivity index (χ1) is 16.6. The molecule has 0 spiro atoms. The number of nitrogens with zero attached hydrogens (tertiary/aromatic N) is 2. The molecule has 1 N–H and O–H groups in total. The van der Waals surface area contributed by atoms with Crippen LogP contribution in [0.25, 0.3) is 5.52 Å². The van der Waals surface area contributed by atoms with Crippen molar-refractivity contribution in [1.29, 1.82) is 0 Å². The third-order valence-electron chi connectivity index (χ3n) is 7.15. The van der Waals surface area contributed by atoms with Crippen molar-refractivity contribution in [3.05, 3.63) is 76.6 Å². The number of fused-ring (bicyclic) bond motifs is 1. The first kappa shape index (κ1) is 24.2. The predicted octanol–water partition coefficient (Wildman–Crippen LogP) is 5.46. The number of unbranched alkanes of at least 4 members (excludes halogenated alkanes) is 1. The molecule has 1 amide bonds. The monoisotopic (exact) mass is 459 g/mol. The number of carbonyl (C=O) groups excluding carboxylic acids is 2. The van der Waals surface area contributed by atoms with Crippen LogP contribution in [0.5, 0.6) is 0 Å². The molecule has 0 unspecified atom stereocenters. The summed E-state index contributed by atoms with van der Waals surface area (Å²) >= 11 is 0. The van der Waals surface area contributed by atoms with Crippen molar-refractivity contribution in [2.75, 3.05) is 26.2 Å². The lowest BCUT2D eigenvalue weighted by Gasteiger charge is -2.23. The number of piperidine rings is 1. The van der Waals surface area contributed by atoms with Crippen LogP contribution in [0.4, 0.5) is 0 Å². The van der Waals surface area contributed by atoms with E-state index in [2.05, 4.69) is 30.4 Å². The van der Waals surface area contributed by atoms with Gasteiger partial charge in [0.15, 0.2) is 0 Å². The van der Waals surface area contributed by atoms with Crippen LogP contribution in [0.2, 0.25) is 0 Å². The Hall–Kier alpha value is -2.92. The molecule has 1 aliphatic heterocycles. The number of nitrogens with one attached hydrogen (secondary N) is 1. The molecule has 180 valence electrons. The van der Waals surface area contributed by atoms with Crippen LogP contribution in [-0.2, 0) is 6.42 Å². The summed E-state index contributed by atoms with van der Waals surface area (Å²) in [4.78, 5) is 28.4. The molecule has 5 nitrogen and oxygen atoms in total. The number of pyridine rings is 1. The van der Waals surface area contributed by atoms with Gasteiger partial charge in [-0.1, -0.05) is 37.6 Å². The van der Waals surface area contributed by atoms with E-state index in [0.29, 0.717) is 24.6 Å². The SMILES string of the molecule is CCCCc1cc2cc(C(=O)N(CC)CC)ccn2c1C(=O)c1ccc(C2CCNCC2)cc1. The zero-order valence-corrected chi connectivity index (χ0v) is 20.8. The molecule has 1 fully saturated rings. The van der Waals surface area contributed by atoms with Gasteiger partial charge in [-0.25, -0.2) is 0 Å². The van der Waals surface area contributed by atoms with Gasteiger partial charge in [0.2, 0.25) is 5.78 Å². The van der Waals surface area contributed by atoms with Crippen molar-refractivity contribution in [2.45, 2.75) is 58.8 Å². The summed E-state index contributed by atoms with van der Waals surface area (Å²) in [5, 5.41) is 3.42. The zero-order valence-electron chi connectivity index (χ0n) is 20.8. The average Bonchev–Trinajstić information content (AvgIpc) is 3.25. The fraction of sp³-hybridized carbons (Fsp3) is 0.448. The molecule has 1 aromatic carbocycles.